The summed E-state index contributed by atoms with van der Waals surface area (Å²) >= 11 is 0. The first-order valence-corrected chi connectivity index (χ1v) is 7.34. The van der Waals surface area contributed by atoms with E-state index < -0.39 is 12.0 Å². The van der Waals surface area contributed by atoms with Crippen LogP contribution in [-0.2, 0) is 9.59 Å². The number of urea groups is 1. The minimum Gasteiger partial charge on any atom is -0.481 e. The summed E-state index contributed by atoms with van der Waals surface area (Å²) in [6.07, 6.45) is 1.06. The molecule has 1 aliphatic rings. The van der Waals surface area contributed by atoms with Gasteiger partial charge in [-0.15, -0.1) is 0 Å². The van der Waals surface area contributed by atoms with Crippen LogP contribution < -0.4 is 10.6 Å². The number of carbonyl (C=O) groups excluding carboxylic acids is 2. The number of carboxylic acids is 1. The summed E-state index contributed by atoms with van der Waals surface area (Å²) in [5.74, 6) is -1.16. The van der Waals surface area contributed by atoms with E-state index in [0.717, 1.165) is 0 Å². The van der Waals surface area contributed by atoms with Crippen molar-refractivity contribution >= 4 is 17.9 Å². The summed E-state index contributed by atoms with van der Waals surface area (Å²) in [5, 5.41) is 13.9. The van der Waals surface area contributed by atoms with E-state index >= 15 is 0 Å². The number of aliphatic carboxylic acids is 1. The zero-order valence-electron chi connectivity index (χ0n) is 12.9. The molecule has 1 fully saturated rings. The molecule has 0 aromatic heterocycles. The Morgan fingerprint density at radius 2 is 2.00 bits per heavy atom. The molecule has 1 aliphatic heterocycles. The quantitative estimate of drug-likeness (QED) is 0.692. The highest BCUT2D eigenvalue weighted by atomic mass is 16.4. The van der Waals surface area contributed by atoms with Gasteiger partial charge in [0.25, 0.3) is 0 Å². The van der Waals surface area contributed by atoms with Crippen molar-refractivity contribution in [1.82, 2.24) is 15.5 Å². The smallest absolute Gasteiger partial charge is 0.321 e. The van der Waals surface area contributed by atoms with E-state index in [-0.39, 0.29) is 24.4 Å². The van der Waals surface area contributed by atoms with Gasteiger partial charge < -0.3 is 10.4 Å². The van der Waals surface area contributed by atoms with E-state index in [1.165, 1.54) is 0 Å². The largest absolute Gasteiger partial charge is 0.481 e. The third kappa shape index (κ3) is 6.12. The predicted octanol–water partition coefficient (Wildman–Crippen LogP) is 0.653. The number of hydrogen-bond donors (Lipinski definition) is 3. The number of amides is 3. The second-order valence-corrected chi connectivity index (χ2v) is 6.03. The van der Waals surface area contributed by atoms with Crippen molar-refractivity contribution in [2.45, 2.75) is 39.7 Å². The number of likely N-dealkylation sites (tertiary alicyclic amines) is 1. The van der Waals surface area contributed by atoms with E-state index in [2.05, 4.69) is 10.6 Å². The molecular formula is C14H25N3O4. The molecule has 2 atom stereocenters. The number of hydrogen-bond acceptors (Lipinski definition) is 4. The molecule has 0 aromatic rings. The van der Waals surface area contributed by atoms with Gasteiger partial charge in [-0.3, -0.25) is 19.8 Å². The fraction of sp³-hybridized carbons (Fsp3) is 0.786. The van der Waals surface area contributed by atoms with Crippen LogP contribution in [0, 0.1) is 11.8 Å². The number of carbonyl (C=O) groups is 3. The van der Waals surface area contributed by atoms with Crippen LogP contribution in [0.2, 0.25) is 0 Å². The maximum atomic E-state index is 11.8. The molecule has 1 rings (SSSR count). The van der Waals surface area contributed by atoms with Crippen molar-refractivity contribution in [2.75, 3.05) is 19.6 Å². The zero-order chi connectivity index (χ0) is 16.0. The van der Waals surface area contributed by atoms with Gasteiger partial charge in [0.15, 0.2) is 0 Å². The number of nitrogens with zero attached hydrogens (tertiary/aromatic N) is 1. The van der Waals surface area contributed by atoms with E-state index in [1.54, 1.807) is 0 Å². The van der Waals surface area contributed by atoms with Crippen molar-refractivity contribution in [3.63, 3.8) is 0 Å². The lowest BCUT2D eigenvalue weighted by molar-refractivity contribution is -0.144. The second kappa shape index (κ2) is 7.97. The molecule has 21 heavy (non-hydrogen) atoms. The summed E-state index contributed by atoms with van der Waals surface area (Å²) in [6.45, 7) is 7.02. The van der Waals surface area contributed by atoms with Crippen LogP contribution in [0.4, 0.5) is 4.79 Å². The Hall–Kier alpha value is -1.63. The van der Waals surface area contributed by atoms with Gasteiger partial charge in [0.1, 0.15) is 0 Å². The van der Waals surface area contributed by atoms with E-state index in [4.69, 9.17) is 5.11 Å². The first-order chi connectivity index (χ1) is 9.79. The van der Waals surface area contributed by atoms with Crippen molar-refractivity contribution in [3.05, 3.63) is 0 Å². The topological polar surface area (TPSA) is 98.7 Å². The Labute approximate surface area is 125 Å². The molecule has 0 saturated carbocycles. The van der Waals surface area contributed by atoms with Crippen molar-refractivity contribution in [1.29, 1.82) is 0 Å². The lowest BCUT2D eigenvalue weighted by atomic mass is 9.92. The fourth-order valence-corrected chi connectivity index (χ4v) is 2.37. The molecule has 0 aliphatic carbocycles. The molecule has 0 spiro atoms. The summed E-state index contributed by atoms with van der Waals surface area (Å²) in [7, 11) is 0. The van der Waals surface area contributed by atoms with Crippen LogP contribution in [0.25, 0.3) is 0 Å². The van der Waals surface area contributed by atoms with Gasteiger partial charge in [0.2, 0.25) is 5.91 Å². The number of carboxylic acid groups (broad SMARTS) is 1. The lowest BCUT2D eigenvalue weighted by Gasteiger charge is -2.35. The Kier molecular flexibility index (Phi) is 6.61. The van der Waals surface area contributed by atoms with E-state index in [0.29, 0.717) is 31.8 Å². The van der Waals surface area contributed by atoms with Crippen LogP contribution in [0.15, 0.2) is 0 Å². The normalized spacial score (nSPS) is 22.9. The summed E-state index contributed by atoms with van der Waals surface area (Å²) in [4.78, 5) is 36.1. The summed E-state index contributed by atoms with van der Waals surface area (Å²) in [6, 6.07) is -0.467. The molecule has 0 bridgehead atoms. The van der Waals surface area contributed by atoms with Gasteiger partial charge >= 0.3 is 12.0 Å². The standard InChI is InChI=1S/C14H25N3O4/c1-9(2)7-15-14(21)16-12(18)8-17-5-4-11(13(19)20)6-10(17)3/h9-11H,4-8H2,1-3H3,(H,19,20)(H2,15,16,18,21). The average molecular weight is 299 g/mol. The molecule has 1 saturated heterocycles. The first kappa shape index (κ1) is 17.4. The highest BCUT2D eigenvalue weighted by Crippen LogP contribution is 2.22. The number of piperidine rings is 1. The van der Waals surface area contributed by atoms with Crippen molar-refractivity contribution in [2.24, 2.45) is 11.8 Å². The minimum absolute atomic E-state index is 0.0179. The molecule has 0 radical (unpaired) electrons. The molecular weight excluding hydrogens is 274 g/mol. The van der Waals surface area contributed by atoms with Crippen LogP contribution in [0.1, 0.15) is 33.6 Å². The Morgan fingerprint density at radius 3 is 2.52 bits per heavy atom. The van der Waals surface area contributed by atoms with Crippen molar-refractivity contribution < 1.29 is 19.5 Å². The zero-order valence-corrected chi connectivity index (χ0v) is 12.9. The second-order valence-electron chi connectivity index (χ2n) is 6.03. The van der Waals surface area contributed by atoms with Crippen LogP contribution in [0.3, 0.4) is 0 Å². The predicted molar refractivity (Wildman–Crippen MR) is 77.8 cm³/mol. The van der Waals surface area contributed by atoms with Crippen LogP contribution in [0.5, 0.6) is 0 Å². The minimum atomic E-state index is -0.779. The molecule has 3 amide bonds. The average Bonchev–Trinajstić information content (AvgIpc) is 2.38. The highest BCUT2D eigenvalue weighted by molar-refractivity contribution is 5.95. The molecule has 2 unspecified atom stereocenters. The van der Waals surface area contributed by atoms with Gasteiger partial charge in [0.05, 0.1) is 12.5 Å². The van der Waals surface area contributed by atoms with Gasteiger partial charge in [-0.1, -0.05) is 13.8 Å². The Bertz CT molecular complexity index is 398. The lowest BCUT2D eigenvalue weighted by Crippen LogP contribution is -2.50. The molecule has 0 aromatic carbocycles. The van der Waals surface area contributed by atoms with Crippen LogP contribution in [-0.4, -0.2) is 53.6 Å². The maximum absolute atomic E-state index is 11.8. The van der Waals surface area contributed by atoms with Gasteiger partial charge in [-0.2, -0.15) is 0 Å². The first-order valence-electron chi connectivity index (χ1n) is 7.34. The summed E-state index contributed by atoms with van der Waals surface area (Å²) in [5.41, 5.74) is 0. The maximum Gasteiger partial charge on any atom is 0.321 e. The Balaban J connectivity index is 2.35. The van der Waals surface area contributed by atoms with Crippen LogP contribution >= 0.6 is 0 Å². The number of imide groups is 1. The molecule has 120 valence electrons. The number of nitrogens with one attached hydrogen (secondary N) is 2. The molecule has 7 nitrogen and oxygen atoms in total. The Morgan fingerprint density at radius 1 is 1.33 bits per heavy atom. The van der Waals surface area contributed by atoms with E-state index in [1.807, 2.05) is 25.7 Å². The monoisotopic (exact) mass is 299 g/mol. The SMILES string of the molecule is CC(C)CNC(=O)NC(=O)CN1CCC(C(=O)O)CC1C. The number of rotatable bonds is 5. The molecule has 3 N–H and O–H groups in total. The van der Waals surface area contributed by atoms with Crippen molar-refractivity contribution in [3.8, 4) is 0 Å². The van der Waals surface area contributed by atoms with Gasteiger partial charge in [0, 0.05) is 12.6 Å². The third-order valence-electron chi connectivity index (χ3n) is 3.63. The molecule has 7 heteroatoms. The van der Waals surface area contributed by atoms with Gasteiger partial charge in [-0.25, -0.2) is 4.79 Å². The highest BCUT2D eigenvalue weighted by Gasteiger charge is 2.30. The summed E-state index contributed by atoms with van der Waals surface area (Å²) < 4.78 is 0. The fourth-order valence-electron chi connectivity index (χ4n) is 2.37. The van der Waals surface area contributed by atoms with Gasteiger partial charge in [-0.05, 0) is 32.2 Å². The molecule has 1 heterocycles. The van der Waals surface area contributed by atoms with E-state index in [9.17, 15) is 14.4 Å². The third-order valence-corrected chi connectivity index (χ3v) is 3.63.